The molecule has 14 heavy (non-hydrogen) atoms. The molecule has 0 aliphatic heterocycles. The van der Waals surface area contributed by atoms with Crippen LogP contribution in [0.3, 0.4) is 0 Å². The summed E-state index contributed by atoms with van der Waals surface area (Å²) in [6.07, 6.45) is 0. The molecule has 0 aromatic heterocycles. The highest BCUT2D eigenvalue weighted by Crippen LogP contribution is 2.27. The summed E-state index contributed by atoms with van der Waals surface area (Å²) in [5.41, 5.74) is 6.63. The van der Waals surface area contributed by atoms with Crippen molar-refractivity contribution in [1.29, 1.82) is 0 Å². The number of carboxylic acids is 1. The van der Waals surface area contributed by atoms with Crippen LogP contribution in [0, 0.1) is 26.6 Å². The molecule has 0 saturated heterocycles. The zero-order chi connectivity index (χ0) is 11.0. The van der Waals surface area contributed by atoms with Crippen LogP contribution in [0.5, 0.6) is 0 Å². The standard InChI is InChI=1S/C10H12FNO2/c1-4-5(2)9(12)8(11)6(3)7(4)10(13)14/h12H2,1-3H3,(H,13,14). The first-order valence-electron chi connectivity index (χ1n) is 4.16. The molecule has 0 fully saturated rings. The van der Waals surface area contributed by atoms with E-state index in [0.717, 1.165) is 0 Å². The molecule has 0 saturated carbocycles. The largest absolute Gasteiger partial charge is 0.478 e. The van der Waals surface area contributed by atoms with Crippen molar-refractivity contribution in [3.63, 3.8) is 0 Å². The number of nitrogen functional groups attached to an aromatic ring is 1. The van der Waals surface area contributed by atoms with Gasteiger partial charge in [0.15, 0.2) is 0 Å². The summed E-state index contributed by atoms with van der Waals surface area (Å²) < 4.78 is 13.4. The van der Waals surface area contributed by atoms with Crippen LogP contribution in [0.2, 0.25) is 0 Å². The molecule has 0 amide bonds. The predicted molar refractivity (Wildman–Crippen MR) is 52.0 cm³/mol. The van der Waals surface area contributed by atoms with Crippen molar-refractivity contribution in [3.8, 4) is 0 Å². The van der Waals surface area contributed by atoms with E-state index in [1.807, 2.05) is 0 Å². The Kier molecular flexibility index (Phi) is 2.47. The SMILES string of the molecule is Cc1c(C)c(C(=O)O)c(C)c(F)c1N. The van der Waals surface area contributed by atoms with E-state index in [2.05, 4.69) is 0 Å². The van der Waals surface area contributed by atoms with Crippen molar-refractivity contribution in [2.24, 2.45) is 0 Å². The average Bonchev–Trinajstić information content (AvgIpc) is 2.11. The molecule has 0 unspecified atom stereocenters. The van der Waals surface area contributed by atoms with E-state index in [9.17, 15) is 9.18 Å². The third-order valence-corrected chi connectivity index (χ3v) is 2.50. The molecular weight excluding hydrogens is 185 g/mol. The van der Waals surface area contributed by atoms with Crippen molar-refractivity contribution in [2.75, 3.05) is 5.73 Å². The Morgan fingerprint density at radius 2 is 1.71 bits per heavy atom. The van der Waals surface area contributed by atoms with Crippen LogP contribution >= 0.6 is 0 Å². The Morgan fingerprint density at radius 1 is 1.21 bits per heavy atom. The molecule has 1 rings (SSSR count). The minimum Gasteiger partial charge on any atom is -0.478 e. The van der Waals surface area contributed by atoms with E-state index < -0.39 is 11.8 Å². The lowest BCUT2D eigenvalue weighted by atomic mass is 9.96. The van der Waals surface area contributed by atoms with E-state index in [1.54, 1.807) is 13.8 Å². The lowest BCUT2D eigenvalue weighted by Crippen LogP contribution is -2.10. The van der Waals surface area contributed by atoms with Gasteiger partial charge in [-0.25, -0.2) is 9.18 Å². The van der Waals surface area contributed by atoms with Gasteiger partial charge in [-0.3, -0.25) is 0 Å². The van der Waals surface area contributed by atoms with Gasteiger partial charge in [-0.05, 0) is 31.9 Å². The second-order valence-corrected chi connectivity index (χ2v) is 3.28. The van der Waals surface area contributed by atoms with Gasteiger partial charge in [-0.1, -0.05) is 0 Å². The van der Waals surface area contributed by atoms with Gasteiger partial charge in [0.25, 0.3) is 0 Å². The van der Waals surface area contributed by atoms with E-state index in [1.165, 1.54) is 6.92 Å². The lowest BCUT2D eigenvalue weighted by molar-refractivity contribution is 0.0694. The van der Waals surface area contributed by atoms with Crippen LogP contribution in [0.25, 0.3) is 0 Å². The number of rotatable bonds is 1. The quantitative estimate of drug-likeness (QED) is 0.677. The lowest BCUT2D eigenvalue weighted by Gasteiger charge is -2.12. The number of anilines is 1. The number of nitrogens with two attached hydrogens (primary N) is 1. The summed E-state index contributed by atoms with van der Waals surface area (Å²) in [5, 5.41) is 8.88. The van der Waals surface area contributed by atoms with Crippen molar-refractivity contribution < 1.29 is 14.3 Å². The van der Waals surface area contributed by atoms with E-state index in [0.29, 0.717) is 11.1 Å². The molecule has 0 aliphatic carbocycles. The first kappa shape index (κ1) is 10.5. The van der Waals surface area contributed by atoms with Crippen molar-refractivity contribution in [3.05, 3.63) is 28.1 Å². The molecule has 0 radical (unpaired) electrons. The topological polar surface area (TPSA) is 63.3 Å². The maximum absolute atomic E-state index is 13.4. The van der Waals surface area contributed by atoms with E-state index in [-0.39, 0.29) is 16.8 Å². The summed E-state index contributed by atoms with van der Waals surface area (Å²) in [6, 6.07) is 0. The van der Waals surface area contributed by atoms with Gasteiger partial charge < -0.3 is 10.8 Å². The van der Waals surface area contributed by atoms with E-state index in [4.69, 9.17) is 10.8 Å². The smallest absolute Gasteiger partial charge is 0.336 e. The summed E-state index contributed by atoms with van der Waals surface area (Å²) in [7, 11) is 0. The van der Waals surface area contributed by atoms with Gasteiger partial charge in [0.2, 0.25) is 0 Å². The Hall–Kier alpha value is -1.58. The number of aromatic carboxylic acids is 1. The van der Waals surface area contributed by atoms with Gasteiger partial charge in [-0.2, -0.15) is 0 Å². The number of benzene rings is 1. The normalized spacial score (nSPS) is 10.3. The zero-order valence-electron chi connectivity index (χ0n) is 8.31. The minimum absolute atomic E-state index is 0.00852. The van der Waals surface area contributed by atoms with Crippen LogP contribution in [-0.4, -0.2) is 11.1 Å². The Bertz CT molecular complexity index is 384. The Labute approximate surface area is 81.4 Å². The fraction of sp³-hybridized carbons (Fsp3) is 0.300. The van der Waals surface area contributed by atoms with E-state index >= 15 is 0 Å². The molecule has 0 aliphatic rings. The molecule has 76 valence electrons. The average molecular weight is 197 g/mol. The highest BCUT2D eigenvalue weighted by molar-refractivity contribution is 5.92. The fourth-order valence-corrected chi connectivity index (χ4v) is 1.47. The third-order valence-electron chi connectivity index (χ3n) is 2.50. The minimum atomic E-state index is -1.12. The molecule has 3 nitrogen and oxygen atoms in total. The maximum Gasteiger partial charge on any atom is 0.336 e. The van der Waals surface area contributed by atoms with Gasteiger partial charge in [0, 0.05) is 5.56 Å². The summed E-state index contributed by atoms with van der Waals surface area (Å²) in [5.74, 6) is -1.76. The van der Waals surface area contributed by atoms with Crippen LogP contribution in [0.15, 0.2) is 0 Å². The first-order valence-corrected chi connectivity index (χ1v) is 4.16. The molecule has 3 N–H and O–H groups in total. The van der Waals surface area contributed by atoms with Gasteiger partial charge in [-0.15, -0.1) is 0 Å². The maximum atomic E-state index is 13.4. The number of halogens is 1. The predicted octanol–water partition coefficient (Wildman–Crippen LogP) is 2.03. The molecule has 1 aromatic carbocycles. The summed E-state index contributed by atoms with van der Waals surface area (Å²) in [4.78, 5) is 10.9. The monoisotopic (exact) mass is 197 g/mol. The molecule has 0 spiro atoms. The molecule has 1 aromatic rings. The number of hydrogen-bond acceptors (Lipinski definition) is 2. The molecule has 0 heterocycles. The van der Waals surface area contributed by atoms with Crippen molar-refractivity contribution >= 4 is 11.7 Å². The van der Waals surface area contributed by atoms with Crippen LogP contribution in [0.1, 0.15) is 27.0 Å². The third kappa shape index (κ3) is 1.32. The second-order valence-electron chi connectivity index (χ2n) is 3.28. The summed E-state index contributed by atoms with van der Waals surface area (Å²) in [6.45, 7) is 4.66. The Balaban J connectivity index is 3.68. The van der Waals surface area contributed by atoms with Gasteiger partial charge in [0.1, 0.15) is 5.82 Å². The number of carbonyl (C=O) groups is 1. The highest BCUT2D eigenvalue weighted by atomic mass is 19.1. The highest BCUT2D eigenvalue weighted by Gasteiger charge is 2.19. The van der Waals surface area contributed by atoms with Gasteiger partial charge in [0.05, 0.1) is 11.3 Å². The van der Waals surface area contributed by atoms with Gasteiger partial charge >= 0.3 is 5.97 Å². The summed E-state index contributed by atoms with van der Waals surface area (Å²) >= 11 is 0. The first-order chi connectivity index (χ1) is 6.37. The molecule has 4 heteroatoms. The molecular formula is C10H12FNO2. The van der Waals surface area contributed by atoms with Crippen LogP contribution in [-0.2, 0) is 0 Å². The zero-order valence-corrected chi connectivity index (χ0v) is 8.31. The fourth-order valence-electron chi connectivity index (χ4n) is 1.47. The van der Waals surface area contributed by atoms with Crippen molar-refractivity contribution in [1.82, 2.24) is 0 Å². The Morgan fingerprint density at radius 3 is 2.14 bits per heavy atom. The number of hydrogen-bond donors (Lipinski definition) is 2. The molecule has 0 bridgehead atoms. The molecule has 0 atom stereocenters. The van der Waals surface area contributed by atoms with Crippen LogP contribution < -0.4 is 5.73 Å². The second kappa shape index (κ2) is 3.29. The number of carboxylic acid groups (broad SMARTS) is 1. The van der Waals surface area contributed by atoms with Crippen LogP contribution in [0.4, 0.5) is 10.1 Å². The van der Waals surface area contributed by atoms with Crippen molar-refractivity contribution in [2.45, 2.75) is 20.8 Å².